The normalized spacial score (nSPS) is 18.9. The molecule has 0 bridgehead atoms. The molecule has 7 heteroatoms. The molecular weight excluding hydrogens is 253 g/mol. The van der Waals surface area contributed by atoms with Crippen molar-refractivity contribution < 1.29 is 14.1 Å². The van der Waals surface area contributed by atoms with E-state index >= 15 is 0 Å². The van der Waals surface area contributed by atoms with Crippen LogP contribution in [0.4, 0.5) is 10.1 Å². The van der Waals surface area contributed by atoms with Crippen molar-refractivity contribution in [3.8, 4) is 0 Å². The second-order valence-electron chi connectivity index (χ2n) is 4.44. The van der Waals surface area contributed by atoms with Gasteiger partial charge in [-0.3, -0.25) is 14.9 Å². The molecule has 1 heterocycles. The molecule has 19 heavy (non-hydrogen) atoms. The fourth-order valence-electron chi connectivity index (χ4n) is 2.04. The molecule has 1 saturated heterocycles. The number of carbonyl (C=O) groups excluding carboxylic acids is 1. The Morgan fingerprint density at radius 2 is 2.32 bits per heavy atom. The smallest absolute Gasteiger partial charge is 0.270 e. The maximum Gasteiger partial charge on any atom is 0.270 e. The number of non-ortho nitro benzene ring substituents is 1. The van der Waals surface area contributed by atoms with Gasteiger partial charge in [0, 0.05) is 24.7 Å². The first-order valence-electron chi connectivity index (χ1n) is 6.03. The van der Waals surface area contributed by atoms with Gasteiger partial charge in [-0.25, -0.2) is 4.39 Å². The van der Waals surface area contributed by atoms with E-state index in [2.05, 4.69) is 10.6 Å². The molecule has 6 nitrogen and oxygen atoms in total. The van der Waals surface area contributed by atoms with E-state index in [0.717, 1.165) is 37.6 Å². The summed E-state index contributed by atoms with van der Waals surface area (Å²) in [5.41, 5.74) is -0.590. The number of benzene rings is 1. The number of halogens is 1. The van der Waals surface area contributed by atoms with Gasteiger partial charge < -0.3 is 10.6 Å². The van der Waals surface area contributed by atoms with Crippen molar-refractivity contribution >= 4 is 11.6 Å². The maximum absolute atomic E-state index is 13.5. The zero-order valence-corrected chi connectivity index (χ0v) is 10.2. The van der Waals surface area contributed by atoms with E-state index in [4.69, 9.17) is 0 Å². The van der Waals surface area contributed by atoms with E-state index in [9.17, 15) is 19.3 Å². The summed E-state index contributed by atoms with van der Waals surface area (Å²) in [6.07, 6.45) is 1.75. The molecule has 0 aliphatic carbocycles. The van der Waals surface area contributed by atoms with Gasteiger partial charge in [0.15, 0.2) is 0 Å². The third-order valence-corrected chi connectivity index (χ3v) is 3.04. The summed E-state index contributed by atoms with van der Waals surface area (Å²) in [5.74, 6) is -1.37. The minimum absolute atomic E-state index is 0.0695. The standard InChI is InChI=1S/C12H14FN3O3/c13-11-4-3-9(16(18)19)6-10(11)12(17)15-8-2-1-5-14-7-8/h3-4,6,8,14H,1-2,5,7H2,(H,15,17)/t8-/m1/s1. The van der Waals surface area contributed by atoms with Gasteiger partial charge in [-0.2, -0.15) is 0 Å². The van der Waals surface area contributed by atoms with E-state index in [1.54, 1.807) is 0 Å². The van der Waals surface area contributed by atoms with Crippen molar-refractivity contribution in [2.24, 2.45) is 0 Å². The number of nitrogens with zero attached hydrogens (tertiary/aromatic N) is 1. The SMILES string of the molecule is O=C(N[C@@H]1CCCNC1)c1cc([N+](=O)[O-])ccc1F. The second-order valence-corrected chi connectivity index (χ2v) is 4.44. The largest absolute Gasteiger partial charge is 0.348 e. The van der Waals surface area contributed by atoms with E-state index in [-0.39, 0.29) is 17.3 Å². The zero-order valence-electron chi connectivity index (χ0n) is 10.2. The van der Waals surface area contributed by atoms with E-state index < -0.39 is 16.6 Å². The molecule has 2 N–H and O–H groups in total. The monoisotopic (exact) mass is 267 g/mol. The molecule has 1 aromatic carbocycles. The first-order chi connectivity index (χ1) is 9.08. The lowest BCUT2D eigenvalue weighted by atomic mass is 10.1. The van der Waals surface area contributed by atoms with Gasteiger partial charge in [-0.15, -0.1) is 0 Å². The number of hydrogen-bond acceptors (Lipinski definition) is 4. The van der Waals surface area contributed by atoms with Crippen molar-refractivity contribution in [1.29, 1.82) is 0 Å². The molecule has 0 aromatic heterocycles. The molecule has 1 aliphatic heterocycles. The van der Waals surface area contributed by atoms with Crippen LogP contribution < -0.4 is 10.6 Å². The summed E-state index contributed by atoms with van der Waals surface area (Å²) < 4.78 is 13.5. The van der Waals surface area contributed by atoms with Gasteiger partial charge in [-0.1, -0.05) is 0 Å². The first-order valence-corrected chi connectivity index (χ1v) is 6.03. The Bertz CT molecular complexity index is 501. The van der Waals surface area contributed by atoms with Crippen LogP contribution >= 0.6 is 0 Å². The minimum atomic E-state index is -0.758. The Morgan fingerprint density at radius 1 is 1.53 bits per heavy atom. The molecule has 1 atom stereocenters. The van der Waals surface area contributed by atoms with Crippen molar-refractivity contribution in [2.75, 3.05) is 13.1 Å². The predicted molar refractivity (Wildman–Crippen MR) is 66.4 cm³/mol. The van der Waals surface area contributed by atoms with Crippen molar-refractivity contribution in [3.05, 3.63) is 39.7 Å². The lowest BCUT2D eigenvalue weighted by Crippen LogP contribution is -2.45. The maximum atomic E-state index is 13.5. The number of nitrogens with one attached hydrogen (secondary N) is 2. The fraction of sp³-hybridized carbons (Fsp3) is 0.417. The fourth-order valence-corrected chi connectivity index (χ4v) is 2.04. The van der Waals surface area contributed by atoms with E-state index in [0.29, 0.717) is 6.54 Å². The highest BCUT2D eigenvalue weighted by molar-refractivity contribution is 5.95. The molecule has 1 aromatic rings. The number of piperidine rings is 1. The Labute approximate surface area is 109 Å². The van der Waals surface area contributed by atoms with Crippen LogP contribution in [0, 0.1) is 15.9 Å². The van der Waals surface area contributed by atoms with Crippen LogP contribution in [0.2, 0.25) is 0 Å². The number of amides is 1. The van der Waals surface area contributed by atoms with Crippen LogP contribution in [-0.4, -0.2) is 30.0 Å². The molecular formula is C12H14FN3O3. The Hall–Kier alpha value is -2.02. The van der Waals surface area contributed by atoms with Gasteiger partial charge in [-0.05, 0) is 25.5 Å². The first kappa shape index (κ1) is 13.4. The third-order valence-electron chi connectivity index (χ3n) is 3.04. The van der Waals surface area contributed by atoms with Gasteiger partial charge in [0.1, 0.15) is 5.82 Å². The molecule has 102 valence electrons. The topological polar surface area (TPSA) is 84.3 Å². The van der Waals surface area contributed by atoms with Crippen LogP contribution in [0.1, 0.15) is 23.2 Å². The van der Waals surface area contributed by atoms with Crippen LogP contribution in [0.15, 0.2) is 18.2 Å². The molecule has 1 amide bonds. The molecule has 2 rings (SSSR count). The van der Waals surface area contributed by atoms with E-state index in [1.165, 1.54) is 0 Å². The van der Waals surface area contributed by atoms with Gasteiger partial charge in [0.2, 0.25) is 0 Å². The average Bonchev–Trinajstić information content (AvgIpc) is 2.40. The minimum Gasteiger partial charge on any atom is -0.348 e. The zero-order chi connectivity index (χ0) is 13.8. The van der Waals surface area contributed by atoms with Crippen LogP contribution in [0.5, 0.6) is 0 Å². The van der Waals surface area contributed by atoms with Gasteiger partial charge in [0.05, 0.1) is 10.5 Å². The Kier molecular flexibility index (Phi) is 4.06. The predicted octanol–water partition coefficient (Wildman–Crippen LogP) is 1.22. The molecule has 0 unspecified atom stereocenters. The molecule has 0 radical (unpaired) electrons. The van der Waals surface area contributed by atoms with Crippen LogP contribution in [0.25, 0.3) is 0 Å². The number of nitro groups is 1. The number of rotatable bonds is 3. The molecule has 1 fully saturated rings. The summed E-state index contributed by atoms with van der Waals surface area (Å²) in [6.45, 7) is 1.53. The van der Waals surface area contributed by atoms with Crippen molar-refractivity contribution in [1.82, 2.24) is 10.6 Å². The lowest BCUT2D eigenvalue weighted by Gasteiger charge is -2.23. The highest BCUT2D eigenvalue weighted by Gasteiger charge is 2.20. The second kappa shape index (κ2) is 5.75. The molecule has 1 aliphatic rings. The van der Waals surface area contributed by atoms with Gasteiger partial charge >= 0.3 is 0 Å². The quantitative estimate of drug-likeness (QED) is 0.637. The molecule has 0 saturated carbocycles. The number of hydrogen-bond donors (Lipinski definition) is 2. The van der Waals surface area contributed by atoms with Crippen molar-refractivity contribution in [2.45, 2.75) is 18.9 Å². The van der Waals surface area contributed by atoms with Crippen LogP contribution in [0.3, 0.4) is 0 Å². The Morgan fingerprint density at radius 3 is 2.95 bits per heavy atom. The van der Waals surface area contributed by atoms with Crippen LogP contribution in [-0.2, 0) is 0 Å². The van der Waals surface area contributed by atoms with Gasteiger partial charge in [0.25, 0.3) is 11.6 Å². The summed E-state index contributed by atoms with van der Waals surface area (Å²) in [4.78, 5) is 21.9. The Balaban J connectivity index is 2.13. The molecule has 0 spiro atoms. The highest BCUT2D eigenvalue weighted by Crippen LogP contribution is 2.17. The summed E-state index contributed by atoms with van der Waals surface area (Å²) in [6, 6.07) is 2.86. The highest BCUT2D eigenvalue weighted by atomic mass is 19.1. The summed E-state index contributed by atoms with van der Waals surface area (Å²) in [7, 11) is 0. The lowest BCUT2D eigenvalue weighted by molar-refractivity contribution is -0.384. The average molecular weight is 267 g/mol. The summed E-state index contributed by atoms with van der Waals surface area (Å²) >= 11 is 0. The van der Waals surface area contributed by atoms with E-state index in [1.807, 2.05) is 0 Å². The summed E-state index contributed by atoms with van der Waals surface area (Å²) in [5, 5.41) is 16.4. The van der Waals surface area contributed by atoms with Crippen molar-refractivity contribution in [3.63, 3.8) is 0 Å². The third kappa shape index (κ3) is 3.25. The number of carbonyl (C=O) groups is 1. The number of nitro benzene ring substituents is 1.